The van der Waals surface area contributed by atoms with Crippen molar-refractivity contribution in [1.29, 1.82) is 0 Å². The fourth-order valence-electron chi connectivity index (χ4n) is 2.24. The van der Waals surface area contributed by atoms with Crippen molar-refractivity contribution >= 4 is 11.8 Å². The molecule has 2 rings (SSSR count). The third-order valence-electron chi connectivity index (χ3n) is 3.65. The van der Waals surface area contributed by atoms with Crippen LogP contribution in [0.2, 0.25) is 0 Å². The zero-order valence-electron chi connectivity index (χ0n) is 14.6. The van der Waals surface area contributed by atoms with Gasteiger partial charge in [-0.3, -0.25) is 14.6 Å². The van der Waals surface area contributed by atoms with Crippen LogP contribution in [-0.2, 0) is 11.3 Å². The smallest absolute Gasteiger partial charge is 0.274 e. The molecule has 0 aromatic carbocycles. The molecule has 0 saturated carbocycles. The van der Waals surface area contributed by atoms with Crippen molar-refractivity contribution in [3.63, 3.8) is 0 Å². The average Bonchev–Trinajstić information content (AvgIpc) is 3.11. The monoisotopic (exact) mass is 344 g/mol. The number of nitrogens with zero attached hydrogens (tertiary/aromatic N) is 3. The molecule has 0 radical (unpaired) electrons. The van der Waals surface area contributed by atoms with Crippen LogP contribution in [0.1, 0.15) is 42.9 Å². The molecule has 0 fully saturated rings. The van der Waals surface area contributed by atoms with Gasteiger partial charge in [-0.15, -0.1) is 0 Å². The minimum Gasteiger partial charge on any atom is -0.467 e. The summed E-state index contributed by atoms with van der Waals surface area (Å²) in [5, 5.41) is 2.88. The number of rotatable bonds is 9. The normalized spacial score (nSPS) is 10.7. The van der Waals surface area contributed by atoms with Crippen LogP contribution >= 0.6 is 0 Å². The molecule has 0 aliphatic carbocycles. The van der Waals surface area contributed by atoms with Gasteiger partial charge < -0.3 is 14.6 Å². The molecular formula is C18H24N4O3. The predicted molar refractivity (Wildman–Crippen MR) is 92.6 cm³/mol. The van der Waals surface area contributed by atoms with E-state index in [1.807, 2.05) is 0 Å². The second-order valence-corrected chi connectivity index (χ2v) is 6.18. The first-order valence-electron chi connectivity index (χ1n) is 8.40. The fraction of sp³-hybridized carbons (Fsp3) is 0.444. The standard InChI is InChI=1S/C18H24N4O3/c1-14(2)5-7-21-17(23)6-10-22(13-15-4-3-11-25-15)18(24)16-12-19-8-9-20-16/h3-4,8-9,11-12,14H,5-7,10,13H2,1-2H3,(H,21,23). The number of aromatic nitrogens is 2. The summed E-state index contributed by atoms with van der Waals surface area (Å²) >= 11 is 0. The second-order valence-electron chi connectivity index (χ2n) is 6.18. The molecular weight excluding hydrogens is 320 g/mol. The van der Waals surface area contributed by atoms with Gasteiger partial charge in [-0.25, -0.2) is 4.98 Å². The van der Waals surface area contributed by atoms with E-state index in [0.29, 0.717) is 18.2 Å². The van der Waals surface area contributed by atoms with Gasteiger partial charge in [0, 0.05) is 31.9 Å². The molecule has 7 heteroatoms. The Kier molecular flexibility index (Phi) is 7.13. The van der Waals surface area contributed by atoms with E-state index in [0.717, 1.165) is 6.42 Å². The lowest BCUT2D eigenvalue weighted by Crippen LogP contribution is -2.35. The molecule has 2 amide bonds. The van der Waals surface area contributed by atoms with Crippen LogP contribution in [-0.4, -0.2) is 39.8 Å². The summed E-state index contributed by atoms with van der Waals surface area (Å²) in [6.07, 6.45) is 7.11. The van der Waals surface area contributed by atoms with E-state index in [4.69, 9.17) is 4.42 Å². The summed E-state index contributed by atoms with van der Waals surface area (Å²) in [5.74, 6) is 0.836. The lowest BCUT2D eigenvalue weighted by molar-refractivity contribution is -0.121. The van der Waals surface area contributed by atoms with E-state index in [1.165, 1.54) is 18.6 Å². The summed E-state index contributed by atoms with van der Waals surface area (Å²) < 4.78 is 5.32. The maximum atomic E-state index is 12.6. The Hall–Kier alpha value is -2.70. The predicted octanol–water partition coefficient (Wildman–Crippen LogP) is 2.26. The van der Waals surface area contributed by atoms with Crippen LogP contribution in [0.5, 0.6) is 0 Å². The van der Waals surface area contributed by atoms with E-state index in [2.05, 4.69) is 29.1 Å². The van der Waals surface area contributed by atoms with Gasteiger partial charge in [-0.2, -0.15) is 0 Å². The number of nitrogens with one attached hydrogen (secondary N) is 1. The van der Waals surface area contributed by atoms with Crippen molar-refractivity contribution in [2.24, 2.45) is 5.92 Å². The number of hydrogen-bond donors (Lipinski definition) is 1. The number of furan rings is 1. The number of amides is 2. The van der Waals surface area contributed by atoms with E-state index in [1.54, 1.807) is 23.3 Å². The summed E-state index contributed by atoms with van der Waals surface area (Å²) in [6.45, 7) is 5.42. The van der Waals surface area contributed by atoms with E-state index in [-0.39, 0.29) is 37.0 Å². The van der Waals surface area contributed by atoms with Crippen LogP contribution in [0.4, 0.5) is 0 Å². The van der Waals surface area contributed by atoms with Gasteiger partial charge in [0.05, 0.1) is 19.0 Å². The zero-order valence-corrected chi connectivity index (χ0v) is 14.6. The highest BCUT2D eigenvalue weighted by molar-refractivity contribution is 5.92. The molecule has 25 heavy (non-hydrogen) atoms. The Labute approximate surface area is 147 Å². The highest BCUT2D eigenvalue weighted by Crippen LogP contribution is 2.09. The molecule has 0 spiro atoms. The molecule has 2 aromatic rings. The first-order chi connectivity index (χ1) is 12.1. The maximum Gasteiger partial charge on any atom is 0.274 e. The summed E-state index contributed by atoms with van der Waals surface area (Å²) in [6, 6.07) is 3.55. The Morgan fingerprint density at radius 1 is 1.32 bits per heavy atom. The zero-order chi connectivity index (χ0) is 18.1. The molecule has 1 N–H and O–H groups in total. The van der Waals surface area contributed by atoms with Crippen LogP contribution in [0, 0.1) is 5.92 Å². The van der Waals surface area contributed by atoms with Gasteiger partial charge in [0.15, 0.2) is 0 Å². The molecule has 7 nitrogen and oxygen atoms in total. The van der Waals surface area contributed by atoms with Gasteiger partial charge >= 0.3 is 0 Å². The lowest BCUT2D eigenvalue weighted by Gasteiger charge is -2.21. The Balaban J connectivity index is 1.95. The molecule has 0 aliphatic rings. The molecule has 2 aromatic heterocycles. The van der Waals surface area contributed by atoms with Crippen molar-refractivity contribution in [2.75, 3.05) is 13.1 Å². The molecule has 134 valence electrons. The maximum absolute atomic E-state index is 12.6. The van der Waals surface area contributed by atoms with Crippen LogP contribution in [0.15, 0.2) is 41.4 Å². The lowest BCUT2D eigenvalue weighted by atomic mass is 10.1. The van der Waals surface area contributed by atoms with Crippen LogP contribution in [0.3, 0.4) is 0 Å². The van der Waals surface area contributed by atoms with Gasteiger partial charge in [0.25, 0.3) is 5.91 Å². The molecule has 0 bridgehead atoms. The van der Waals surface area contributed by atoms with Gasteiger partial charge in [0.2, 0.25) is 5.91 Å². The third-order valence-corrected chi connectivity index (χ3v) is 3.65. The quantitative estimate of drug-likeness (QED) is 0.754. The van der Waals surface area contributed by atoms with E-state index >= 15 is 0 Å². The van der Waals surface area contributed by atoms with Gasteiger partial charge in [-0.05, 0) is 24.5 Å². The van der Waals surface area contributed by atoms with Crippen molar-refractivity contribution in [3.8, 4) is 0 Å². The molecule has 0 aliphatic heterocycles. The third kappa shape index (κ3) is 6.37. The van der Waals surface area contributed by atoms with Gasteiger partial charge in [-0.1, -0.05) is 13.8 Å². The number of carbonyl (C=O) groups excluding carboxylic acids is 2. The SMILES string of the molecule is CC(C)CCNC(=O)CCN(Cc1ccco1)C(=O)c1cnccn1. The highest BCUT2D eigenvalue weighted by atomic mass is 16.3. The topological polar surface area (TPSA) is 88.3 Å². The van der Waals surface area contributed by atoms with E-state index < -0.39 is 0 Å². The summed E-state index contributed by atoms with van der Waals surface area (Å²) in [7, 11) is 0. The van der Waals surface area contributed by atoms with Gasteiger partial charge in [0.1, 0.15) is 11.5 Å². The van der Waals surface area contributed by atoms with E-state index in [9.17, 15) is 9.59 Å². The largest absolute Gasteiger partial charge is 0.467 e. The Morgan fingerprint density at radius 3 is 2.80 bits per heavy atom. The molecule has 0 unspecified atom stereocenters. The van der Waals surface area contributed by atoms with Crippen molar-refractivity contribution in [2.45, 2.75) is 33.2 Å². The van der Waals surface area contributed by atoms with Crippen LogP contribution < -0.4 is 5.32 Å². The minimum absolute atomic E-state index is 0.0722. The molecule has 2 heterocycles. The van der Waals surface area contributed by atoms with Crippen LogP contribution in [0.25, 0.3) is 0 Å². The van der Waals surface area contributed by atoms with Crippen molar-refractivity contribution in [1.82, 2.24) is 20.2 Å². The number of carbonyl (C=O) groups is 2. The minimum atomic E-state index is -0.278. The molecule has 0 atom stereocenters. The first-order valence-corrected chi connectivity index (χ1v) is 8.40. The second kappa shape index (κ2) is 9.56. The fourth-order valence-corrected chi connectivity index (χ4v) is 2.24. The van der Waals surface area contributed by atoms with Crippen molar-refractivity contribution < 1.29 is 14.0 Å². The van der Waals surface area contributed by atoms with Crippen molar-refractivity contribution in [3.05, 3.63) is 48.4 Å². The molecule has 0 saturated heterocycles. The first kappa shape index (κ1) is 18.6. The summed E-state index contributed by atoms with van der Waals surface area (Å²) in [5.41, 5.74) is 0.245. The highest BCUT2D eigenvalue weighted by Gasteiger charge is 2.19. The summed E-state index contributed by atoms with van der Waals surface area (Å²) in [4.78, 5) is 34.1. The number of hydrogen-bond acceptors (Lipinski definition) is 5. The average molecular weight is 344 g/mol. The Morgan fingerprint density at radius 2 is 2.16 bits per heavy atom. The Bertz CT molecular complexity index is 656.